The molecule has 0 aliphatic heterocycles. The van der Waals surface area contributed by atoms with Gasteiger partial charge in [-0.1, -0.05) is 6.42 Å². The van der Waals surface area contributed by atoms with E-state index >= 15 is 0 Å². The van der Waals surface area contributed by atoms with Gasteiger partial charge < -0.3 is 14.5 Å². The fraction of sp³-hybridized carbons (Fsp3) is 0.667. The molecule has 2 bridgehead atoms. The van der Waals surface area contributed by atoms with Gasteiger partial charge >= 0.3 is 5.97 Å². The van der Waals surface area contributed by atoms with Crippen LogP contribution in [0, 0.1) is 17.8 Å². The first-order valence-corrected chi connectivity index (χ1v) is 7.08. The minimum atomic E-state index is -0.408. The highest BCUT2D eigenvalue weighted by molar-refractivity contribution is 5.86. The Kier molecular flexibility index (Phi) is 3.35. The Hall–Kier alpha value is -1.29. The van der Waals surface area contributed by atoms with Gasteiger partial charge in [-0.3, -0.25) is 0 Å². The number of hydrogen-bond donors (Lipinski definition) is 1. The number of fused-ring (bicyclic) bond motifs is 2. The van der Waals surface area contributed by atoms with Crippen molar-refractivity contribution in [2.75, 3.05) is 14.2 Å². The van der Waals surface area contributed by atoms with Gasteiger partial charge in [0.05, 0.1) is 13.2 Å². The zero-order valence-corrected chi connectivity index (χ0v) is 11.5. The zero-order valence-electron chi connectivity index (χ0n) is 11.5. The summed E-state index contributed by atoms with van der Waals surface area (Å²) in [7, 11) is 3.34. The summed E-state index contributed by atoms with van der Waals surface area (Å²) >= 11 is 0. The molecular weight excluding hydrogens is 242 g/mol. The number of ether oxygens (including phenoxy) is 1. The molecule has 0 spiro atoms. The van der Waals surface area contributed by atoms with Crippen molar-refractivity contribution in [3.63, 3.8) is 0 Å². The summed E-state index contributed by atoms with van der Waals surface area (Å²) in [6.07, 6.45) is 5.39. The fourth-order valence-corrected chi connectivity index (χ4v) is 4.00. The third-order valence-electron chi connectivity index (χ3n) is 4.85. The predicted molar refractivity (Wildman–Crippen MR) is 70.8 cm³/mol. The number of carbonyl (C=O) groups excluding carboxylic acids is 1. The maximum Gasteiger partial charge on any atom is 0.373 e. The van der Waals surface area contributed by atoms with Crippen LogP contribution in [-0.4, -0.2) is 20.1 Å². The summed E-state index contributed by atoms with van der Waals surface area (Å²) in [6, 6.07) is 3.83. The Labute approximate surface area is 113 Å². The molecule has 2 aliphatic rings. The van der Waals surface area contributed by atoms with Gasteiger partial charge in [0.15, 0.2) is 0 Å². The van der Waals surface area contributed by atoms with E-state index in [1.807, 2.05) is 13.1 Å². The van der Waals surface area contributed by atoms with Crippen LogP contribution in [0.25, 0.3) is 0 Å². The molecule has 104 valence electrons. The van der Waals surface area contributed by atoms with Crippen molar-refractivity contribution in [3.8, 4) is 0 Å². The SMILES string of the molecule is CNC(c1ccc(C(=O)OC)o1)C1CC2CCC1C2. The Morgan fingerprint density at radius 2 is 2.26 bits per heavy atom. The van der Waals surface area contributed by atoms with Crippen LogP contribution < -0.4 is 5.32 Å². The first-order valence-electron chi connectivity index (χ1n) is 7.08. The van der Waals surface area contributed by atoms with Crippen LogP contribution in [-0.2, 0) is 4.74 Å². The molecule has 0 aromatic carbocycles. The summed E-state index contributed by atoms with van der Waals surface area (Å²) in [6.45, 7) is 0. The van der Waals surface area contributed by atoms with Crippen LogP contribution in [0.4, 0.5) is 0 Å². The minimum Gasteiger partial charge on any atom is -0.463 e. The third kappa shape index (κ3) is 2.18. The second-order valence-electron chi connectivity index (χ2n) is 5.80. The first kappa shape index (κ1) is 12.7. The van der Waals surface area contributed by atoms with Gasteiger partial charge in [0.25, 0.3) is 0 Å². The smallest absolute Gasteiger partial charge is 0.373 e. The normalized spacial score (nSPS) is 30.5. The summed E-state index contributed by atoms with van der Waals surface area (Å²) in [5, 5.41) is 3.37. The number of esters is 1. The van der Waals surface area contributed by atoms with Crippen molar-refractivity contribution in [1.82, 2.24) is 5.32 Å². The fourth-order valence-electron chi connectivity index (χ4n) is 4.00. The van der Waals surface area contributed by atoms with E-state index in [-0.39, 0.29) is 6.04 Å². The number of carbonyl (C=O) groups is 1. The highest BCUT2D eigenvalue weighted by atomic mass is 16.5. The van der Waals surface area contributed by atoms with E-state index in [9.17, 15) is 4.79 Å². The van der Waals surface area contributed by atoms with E-state index in [4.69, 9.17) is 4.42 Å². The lowest BCUT2D eigenvalue weighted by molar-refractivity contribution is 0.0560. The number of hydrogen-bond acceptors (Lipinski definition) is 4. The topological polar surface area (TPSA) is 51.5 Å². The molecule has 4 nitrogen and oxygen atoms in total. The van der Waals surface area contributed by atoms with E-state index in [1.54, 1.807) is 6.07 Å². The van der Waals surface area contributed by atoms with Crippen LogP contribution in [0.15, 0.2) is 16.5 Å². The van der Waals surface area contributed by atoms with Gasteiger partial charge in [0.2, 0.25) is 5.76 Å². The average Bonchev–Trinajstić information content (AvgIpc) is 3.14. The average molecular weight is 263 g/mol. The van der Waals surface area contributed by atoms with Crippen LogP contribution in [0.5, 0.6) is 0 Å². The molecule has 0 radical (unpaired) electrons. The number of methoxy groups -OCH3 is 1. The number of rotatable bonds is 4. The molecule has 0 amide bonds. The molecule has 1 heterocycles. The molecule has 2 fully saturated rings. The molecule has 2 saturated carbocycles. The maximum absolute atomic E-state index is 11.5. The minimum absolute atomic E-state index is 0.216. The van der Waals surface area contributed by atoms with Crippen molar-refractivity contribution in [1.29, 1.82) is 0 Å². The highest BCUT2D eigenvalue weighted by Gasteiger charge is 2.44. The van der Waals surface area contributed by atoms with Crippen LogP contribution in [0.1, 0.15) is 48.0 Å². The maximum atomic E-state index is 11.5. The van der Waals surface area contributed by atoms with E-state index in [2.05, 4.69) is 10.1 Å². The van der Waals surface area contributed by atoms with Crippen molar-refractivity contribution in [3.05, 3.63) is 23.7 Å². The van der Waals surface area contributed by atoms with E-state index in [1.165, 1.54) is 32.8 Å². The van der Waals surface area contributed by atoms with Crippen molar-refractivity contribution in [2.45, 2.75) is 31.7 Å². The molecular formula is C15H21NO3. The molecule has 1 aromatic rings. The van der Waals surface area contributed by atoms with Gasteiger partial charge in [0.1, 0.15) is 5.76 Å². The quantitative estimate of drug-likeness (QED) is 0.849. The predicted octanol–water partition coefficient (Wildman–Crippen LogP) is 2.76. The molecule has 1 N–H and O–H groups in total. The zero-order chi connectivity index (χ0) is 13.4. The summed E-state index contributed by atoms with van der Waals surface area (Å²) < 4.78 is 10.4. The molecule has 4 unspecified atom stereocenters. The molecule has 1 aromatic heterocycles. The molecule has 4 heteroatoms. The van der Waals surface area contributed by atoms with Gasteiger partial charge in [0, 0.05) is 0 Å². The number of furan rings is 1. The molecule has 2 aliphatic carbocycles. The second kappa shape index (κ2) is 5.00. The van der Waals surface area contributed by atoms with Crippen LogP contribution >= 0.6 is 0 Å². The van der Waals surface area contributed by atoms with Crippen molar-refractivity contribution < 1.29 is 13.9 Å². The Morgan fingerprint density at radius 1 is 1.42 bits per heavy atom. The van der Waals surface area contributed by atoms with Crippen LogP contribution in [0.2, 0.25) is 0 Å². The standard InChI is InChI=1S/C15H21NO3/c1-16-14(11-8-9-3-4-10(11)7-9)12-5-6-13(19-12)15(17)18-2/h5-6,9-11,14,16H,3-4,7-8H2,1-2H3. The molecule has 0 saturated heterocycles. The Bertz CT molecular complexity index is 468. The monoisotopic (exact) mass is 263 g/mol. The second-order valence-corrected chi connectivity index (χ2v) is 5.80. The van der Waals surface area contributed by atoms with Gasteiger partial charge in [-0.05, 0) is 56.2 Å². The molecule has 4 atom stereocenters. The molecule has 3 rings (SSSR count). The van der Waals surface area contributed by atoms with Gasteiger partial charge in [-0.2, -0.15) is 0 Å². The highest BCUT2D eigenvalue weighted by Crippen LogP contribution is 2.52. The van der Waals surface area contributed by atoms with E-state index in [0.717, 1.165) is 17.6 Å². The Balaban J connectivity index is 1.78. The lowest BCUT2D eigenvalue weighted by Gasteiger charge is -2.28. The third-order valence-corrected chi connectivity index (χ3v) is 4.85. The van der Waals surface area contributed by atoms with Crippen molar-refractivity contribution in [2.24, 2.45) is 17.8 Å². The van der Waals surface area contributed by atoms with Crippen LogP contribution in [0.3, 0.4) is 0 Å². The van der Waals surface area contributed by atoms with Gasteiger partial charge in [-0.15, -0.1) is 0 Å². The number of nitrogens with one attached hydrogen (secondary N) is 1. The lowest BCUT2D eigenvalue weighted by atomic mass is 9.82. The van der Waals surface area contributed by atoms with Gasteiger partial charge in [-0.25, -0.2) is 4.79 Å². The largest absolute Gasteiger partial charge is 0.463 e. The van der Waals surface area contributed by atoms with Crippen molar-refractivity contribution >= 4 is 5.97 Å². The lowest BCUT2D eigenvalue weighted by Crippen LogP contribution is -2.28. The van der Waals surface area contributed by atoms with E-state index in [0.29, 0.717) is 11.7 Å². The molecule has 19 heavy (non-hydrogen) atoms. The van der Waals surface area contributed by atoms with E-state index < -0.39 is 5.97 Å². The summed E-state index contributed by atoms with van der Waals surface area (Å²) in [5.41, 5.74) is 0. The summed E-state index contributed by atoms with van der Waals surface area (Å²) in [5.74, 6) is 3.10. The summed E-state index contributed by atoms with van der Waals surface area (Å²) in [4.78, 5) is 11.5. The Morgan fingerprint density at radius 3 is 2.84 bits per heavy atom. The first-order chi connectivity index (χ1) is 9.22.